The quantitative estimate of drug-likeness (QED) is 0.537. The molecule has 0 spiro atoms. The maximum absolute atomic E-state index is 12.9. The molecule has 1 aliphatic heterocycles. The summed E-state index contributed by atoms with van der Waals surface area (Å²) in [5.74, 6) is 1.76. The molecule has 1 saturated heterocycles. The number of alkyl halides is 3. The summed E-state index contributed by atoms with van der Waals surface area (Å²) in [5.41, 5.74) is 0.286. The largest absolute Gasteiger partial charge is 0.495 e. The van der Waals surface area contributed by atoms with Crippen LogP contribution in [0.4, 0.5) is 19.0 Å². The predicted octanol–water partition coefficient (Wildman–Crippen LogP) is 4.75. The second-order valence-electron chi connectivity index (χ2n) is 8.00. The Labute approximate surface area is 200 Å². The van der Waals surface area contributed by atoms with Crippen molar-refractivity contribution in [3.8, 4) is 17.2 Å². The van der Waals surface area contributed by atoms with Crippen molar-refractivity contribution in [2.24, 2.45) is 0 Å². The number of nitrogens with zero attached hydrogens (tertiary/aromatic N) is 4. The van der Waals surface area contributed by atoms with Gasteiger partial charge in [0, 0.05) is 32.1 Å². The van der Waals surface area contributed by atoms with E-state index in [9.17, 15) is 18.0 Å². The molecule has 0 saturated carbocycles. The highest BCUT2D eigenvalue weighted by molar-refractivity contribution is 5.92. The average Bonchev–Trinajstić information content (AvgIpc) is 2.88. The van der Waals surface area contributed by atoms with Crippen molar-refractivity contribution in [2.75, 3.05) is 32.6 Å². The molecule has 4 rings (SSSR count). The van der Waals surface area contributed by atoms with E-state index in [4.69, 9.17) is 9.47 Å². The predicted molar refractivity (Wildman–Crippen MR) is 122 cm³/mol. The van der Waals surface area contributed by atoms with Gasteiger partial charge >= 0.3 is 6.18 Å². The third-order valence-corrected chi connectivity index (χ3v) is 5.80. The molecule has 0 aliphatic carbocycles. The summed E-state index contributed by atoms with van der Waals surface area (Å²) >= 11 is 0. The van der Waals surface area contributed by atoms with E-state index in [2.05, 4.69) is 20.5 Å². The lowest BCUT2D eigenvalue weighted by Crippen LogP contribution is -2.38. The molecule has 184 valence electrons. The molecular weight excluding hydrogens is 463 g/mol. The minimum absolute atomic E-state index is 0.125. The van der Waals surface area contributed by atoms with Crippen LogP contribution in [-0.2, 0) is 6.18 Å². The van der Waals surface area contributed by atoms with Gasteiger partial charge in [-0.05, 0) is 49.2 Å². The minimum atomic E-state index is -4.41. The molecule has 0 unspecified atom stereocenters. The molecule has 2 aromatic heterocycles. The van der Waals surface area contributed by atoms with E-state index in [0.717, 1.165) is 17.8 Å². The summed E-state index contributed by atoms with van der Waals surface area (Å²) in [7, 11) is 3.35. The molecule has 35 heavy (non-hydrogen) atoms. The number of aromatic nitrogens is 3. The van der Waals surface area contributed by atoms with Crippen LogP contribution in [0, 0.1) is 0 Å². The molecule has 1 aliphatic rings. The van der Waals surface area contributed by atoms with Gasteiger partial charge in [0.1, 0.15) is 28.6 Å². The lowest BCUT2D eigenvalue weighted by Gasteiger charge is -2.31. The molecule has 1 aromatic carbocycles. The van der Waals surface area contributed by atoms with Crippen LogP contribution in [0.1, 0.15) is 40.5 Å². The lowest BCUT2D eigenvalue weighted by molar-refractivity contribution is -0.137. The second kappa shape index (κ2) is 10.2. The molecule has 8 nitrogen and oxygen atoms in total. The number of piperidine rings is 1. The zero-order valence-electron chi connectivity index (χ0n) is 19.2. The van der Waals surface area contributed by atoms with Gasteiger partial charge in [-0.2, -0.15) is 13.2 Å². The fourth-order valence-corrected chi connectivity index (χ4v) is 3.89. The molecule has 1 N–H and O–H groups in total. The number of pyridine rings is 1. The van der Waals surface area contributed by atoms with Crippen molar-refractivity contribution in [3.63, 3.8) is 0 Å². The molecule has 3 heterocycles. The number of nitrogens with one attached hydrogen (secondary N) is 1. The van der Waals surface area contributed by atoms with Crippen LogP contribution in [0.3, 0.4) is 0 Å². The summed E-state index contributed by atoms with van der Waals surface area (Å²) in [6.45, 7) is 1.07. The van der Waals surface area contributed by atoms with Gasteiger partial charge in [-0.1, -0.05) is 0 Å². The number of carbonyl (C=O) groups is 1. The third-order valence-electron chi connectivity index (χ3n) is 5.80. The first-order chi connectivity index (χ1) is 16.8. The maximum Gasteiger partial charge on any atom is 0.416 e. The Hall–Kier alpha value is -3.89. The number of carbonyl (C=O) groups excluding carboxylic acids is 1. The fraction of sp³-hybridized carbons (Fsp3) is 0.333. The SMILES string of the molecule is CNc1cc(OC)c(C2CCN(C(=O)c3ccc(Oc4ccc(C(F)(F)F)cc4)cn3)CC2)nn1. The fourth-order valence-electron chi connectivity index (χ4n) is 3.89. The number of hydrogen-bond acceptors (Lipinski definition) is 7. The number of hydrogen-bond donors (Lipinski definition) is 1. The normalized spacial score (nSPS) is 14.5. The van der Waals surface area contributed by atoms with Gasteiger partial charge < -0.3 is 19.7 Å². The molecule has 3 aromatic rings. The first-order valence-electron chi connectivity index (χ1n) is 11.0. The highest BCUT2D eigenvalue weighted by atomic mass is 19.4. The number of ether oxygens (including phenoxy) is 2. The monoisotopic (exact) mass is 487 g/mol. The third kappa shape index (κ3) is 5.61. The number of rotatable bonds is 6. The van der Waals surface area contributed by atoms with E-state index in [1.54, 1.807) is 37.3 Å². The average molecular weight is 487 g/mol. The van der Waals surface area contributed by atoms with E-state index in [1.807, 2.05) is 0 Å². The van der Waals surface area contributed by atoms with Gasteiger partial charge in [0.15, 0.2) is 5.82 Å². The van der Waals surface area contributed by atoms with Gasteiger partial charge in [0.2, 0.25) is 0 Å². The summed E-state index contributed by atoms with van der Waals surface area (Å²) in [5, 5.41) is 11.4. The summed E-state index contributed by atoms with van der Waals surface area (Å²) in [6, 6.07) is 9.27. The molecular formula is C24H24F3N5O3. The van der Waals surface area contributed by atoms with Gasteiger partial charge in [0.05, 0.1) is 18.9 Å². The van der Waals surface area contributed by atoms with Crippen LogP contribution in [-0.4, -0.2) is 53.2 Å². The van der Waals surface area contributed by atoms with Gasteiger partial charge in [-0.3, -0.25) is 4.79 Å². The van der Waals surface area contributed by atoms with Gasteiger partial charge in [0.25, 0.3) is 5.91 Å². The topological polar surface area (TPSA) is 89.5 Å². The van der Waals surface area contributed by atoms with Gasteiger partial charge in [-0.15, -0.1) is 10.2 Å². The van der Waals surface area contributed by atoms with E-state index in [0.29, 0.717) is 43.2 Å². The molecule has 1 amide bonds. The van der Waals surface area contributed by atoms with E-state index in [-0.39, 0.29) is 23.3 Å². The Bertz CT molecular complexity index is 1160. The number of benzene rings is 1. The molecule has 11 heteroatoms. The zero-order chi connectivity index (χ0) is 25.0. The van der Waals surface area contributed by atoms with E-state index in [1.165, 1.54) is 18.3 Å². The smallest absolute Gasteiger partial charge is 0.416 e. The van der Waals surface area contributed by atoms with Crippen molar-refractivity contribution in [1.29, 1.82) is 0 Å². The van der Waals surface area contributed by atoms with Crippen LogP contribution in [0.2, 0.25) is 0 Å². The van der Waals surface area contributed by atoms with E-state index >= 15 is 0 Å². The maximum atomic E-state index is 12.9. The molecule has 1 fully saturated rings. The first kappa shape index (κ1) is 24.2. The Morgan fingerprint density at radius 3 is 2.31 bits per heavy atom. The summed E-state index contributed by atoms with van der Waals surface area (Å²) in [4.78, 5) is 18.8. The summed E-state index contributed by atoms with van der Waals surface area (Å²) < 4.78 is 49.1. The Morgan fingerprint density at radius 1 is 1.06 bits per heavy atom. The number of amides is 1. The second-order valence-corrected chi connectivity index (χ2v) is 8.00. The Morgan fingerprint density at radius 2 is 1.74 bits per heavy atom. The lowest BCUT2D eigenvalue weighted by atomic mass is 9.92. The minimum Gasteiger partial charge on any atom is -0.495 e. The van der Waals surface area contributed by atoms with Crippen LogP contribution in [0.5, 0.6) is 17.2 Å². The number of methoxy groups -OCH3 is 1. The molecule has 0 atom stereocenters. The Kier molecular flexibility index (Phi) is 7.04. The van der Waals surface area contributed by atoms with Crippen LogP contribution in [0.25, 0.3) is 0 Å². The van der Waals surface area contributed by atoms with E-state index < -0.39 is 11.7 Å². The Balaban J connectivity index is 1.35. The first-order valence-corrected chi connectivity index (χ1v) is 11.0. The highest BCUT2D eigenvalue weighted by Crippen LogP contribution is 2.34. The van der Waals surface area contributed by atoms with Crippen LogP contribution in [0.15, 0.2) is 48.7 Å². The molecule has 0 bridgehead atoms. The van der Waals surface area contributed by atoms with Crippen molar-refractivity contribution in [1.82, 2.24) is 20.1 Å². The van der Waals surface area contributed by atoms with Gasteiger partial charge in [-0.25, -0.2) is 4.98 Å². The standard InChI is InChI=1S/C24H24F3N5O3/c1-28-21-13-20(34-2)22(31-30-21)15-9-11-32(12-10-15)23(33)19-8-7-18(14-29-19)35-17-5-3-16(4-6-17)24(25,26)27/h3-8,13-15H,9-12H2,1-2H3,(H,28,30). The zero-order valence-corrected chi connectivity index (χ0v) is 19.2. The van der Waals surface area contributed by atoms with Crippen molar-refractivity contribution >= 4 is 11.7 Å². The number of anilines is 1. The highest BCUT2D eigenvalue weighted by Gasteiger charge is 2.30. The number of halogens is 3. The number of likely N-dealkylation sites (tertiary alicyclic amines) is 1. The molecule has 0 radical (unpaired) electrons. The van der Waals surface area contributed by atoms with Crippen LogP contribution < -0.4 is 14.8 Å². The van der Waals surface area contributed by atoms with Crippen molar-refractivity contribution < 1.29 is 27.4 Å². The van der Waals surface area contributed by atoms with Crippen molar-refractivity contribution in [3.05, 3.63) is 65.6 Å². The van der Waals surface area contributed by atoms with Crippen LogP contribution >= 0.6 is 0 Å². The summed E-state index contributed by atoms with van der Waals surface area (Å²) in [6.07, 6.45) is -1.61. The van der Waals surface area contributed by atoms with Crippen molar-refractivity contribution in [2.45, 2.75) is 24.9 Å².